The van der Waals surface area contributed by atoms with Crippen molar-refractivity contribution in [1.82, 2.24) is 0 Å². The van der Waals surface area contributed by atoms with Crippen molar-refractivity contribution in [2.45, 2.75) is 30.6 Å². The van der Waals surface area contributed by atoms with Crippen LogP contribution in [0.2, 0.25) is 0 Å². The van der Waals surface area contributed by atoms with Gasteiger partial charge in [-0.05, 0) is 0 Å². The van der Waals surface area contributed by atoms with Gasteiger partial charge in [0.25, 0.3) is 0 Å². The molecule has 9 N–H and O–H groups in total. The summed E-state index contributed by atoms with van der Waals surface area (Å²) in [5.74, 6) is 0. The molecule has 1 heterocycles. The molecule has 5 atom stereocenters. The molecule has 0 amide bonds. The number of aliphatic hydroxyl groups is 4. The van der Waals surface area contributed by atoms with Crippen LogP contribution in [0.5, 0.6) is 0 Å². The van der Waals surface area contributed by atoms with E-state index in [0.717, 1.165) is 0 Å². The lowest BCUT2D eigenvalue weighted by atomic mass is 9.98. The summed E-state index contributed by atoms with van der Waals surface area (Å²) in [5, 5.41) is 39.1. The maximum absolute atomic E-state index is 9.58. The molecule has 0 aromatic heterocycles. The van der Waals surface area contributed by atoms with E-state index in [-0.39, 0.29) is 6.61 Å². The summed E-state index contributed by atoms with van der Waals surface area (Å²) >= 11 is 0. The Morgan fingerprint density at radius 1 is 1.13 bits per heavy atom. The lowest BCUT2D eigenvalue weighted by molar-refractivity contribution is -0.751. The van der Waals surface area contributed by atoms with E-state index in [2.05, 4.69) is 5.73 Å². The van der Waals surface area contributed by atoms with Crippen LogP contribution < -0.4 is 11.1 Å². The predicted molar refractivity (Wildman–Crippen MR) is 48.3 cm³/mol. The topological polar surface area (TPSA) is 134 Å². The number of rotatable bonds is 4. The number of ether oxygens (including phenoxy) is 1. The first-order valence-electron chi connectivity index (χ1n) is 5.05. The van der Waals surface area contributed by atoms with E-state index >= 15 is 0 Å². The van der Waals surface area contributed by atoms with Gasteiger partial charge < -0.3 is 36.2 Å². The zero-order valence-electron chi connectivity index (χ0n) is 8.49. The number of hydrogen-bond acceptors (Lipinski definition) is 5. The smallest absolute Gasteiger partial charge is 0.220 e. The van der Waals surface area contributed by atoms with Crippen LogP contribution in [-0.2, 0) is 4.74 Å². The second-order valence-electron chi connectivity index (χ2n) is 3.67. The molecule has 0 spiro atoms. The SMILES string of the molecule is [NH3+]CC[NH2+][C@H]1O[C@@H](CO)[C@@H](O)[C@@H](O)[C@@H]1O. The predicted octanol–water partition coefficient (Wildman–Crippen LogP) is -5.41. The first kappa shape index (κ1) is 12.8. The minimum atomic E-state index is -1.29. The zero-order chi connectivity index (χ0) is 11.4. The molecule has 1 aliphatic rings. The second-order valence-corrected chi connectivity index (χ2v) is 3.67. The molecule has 90 valence electrons. The summed E-state index contributed by atoms with van der Waals surface area (Å²) in [4.78, 5) is 0. The van der Waals surface area contributed by atoms with Crippen LogP contribution in [0.15, 0.2) is 0 Å². The Balaban J connectivity index is 2.57. The van der Waals surface area contributed by atoms with Crippen LogP contribution in [-0.4, -0.2) is 70.8 Å². The van der Waals surface area contributed by atoms with Gasteiger partial charge in [0.1, 0.15) is 31.4 Å². The van der Waals surface area contributed by atoms with E-state index in [0.29, 0.717) is 13.1 Å². The highest BCUT2D eigenvalue weighted by atomic mass is 16.6. The van der Waals surface area contributed by atoms with Gasteiger partial charge in [0.15, 0.2) is 6.10 Å². The van der Waals surface area contributed by atoms with Crippen LogP contribution in [0.1, 0.15) is 0 Å². The Morgan fingerprint density at radius 2 is 1.80 bits per heavy atom. The van der Waals surface area contributed by atoms with Gasteiger partial charge in [0.2, 0.25) is 6.23 Å². The fourth-order valence-electron chi connectivity index (χ4n) is 1.61. The maximum atomic E-state index is 9.58. The minimum Gasteiger partial charge on any atom is -0.394 e. The highest BCUT2D eigenvalue weighted by Crippen LogP contribution is 2.17. The Kier molecular flexibility index (Phi) is 4.87. The molecule has 7 nitrogen and oxygen atoms in total. The lowest BCUT2D eigenvalue weighted by Crippen LogP contribution is -2.97. The van der Waals surface area contributed by atoms with Crippen molar-refractivity contribution in [3.05, 3.63) is 0 Å². The van der Waals surface area contributed by atoms with Crippen LogP contribution in [0.3, 0.4) is 0 Å². The molecule has 1 saturated heterocycles. The van der Waals surface area contributed by atoms with E-state index in [9.17, 15) is 15.3 Å². The molecule has 0 aromatic carbocycles. The summed E-state index contributed by atoms with van der Waals surface area (Å²) < 4.78 is 5.24. The van der Waals surface area contributed by atoms with Crippen LogP contribution in [0.25, 0.3) is 0 Å². The second kappa shape index (κ2) is 5.71. The van der Waals surface area contributed by atoms with Crippen molar-refractivity contribution >= 4 is 0 Å². The molecular weight excluding hydrogens is 204 g/mol. The molecule has 0 radical (unpaired) electrons. The van der Waals surface area contributed by atoms with Crippen molar-refractivity contribution in [3.8, 4) is 0 Å². The van der Waals surface area contributed by atoms with Crippen LogP contribution >= 0.6 is 0 Å². The highest BCUT2D eigenvalue weighted by molar-refractivity contribution is 4.87. The van der Waals surface area contributed by atoms with Gasteiger partial charge in [-0.2, -0.15) is 0 Å². The van der Waals surface area contributed by atoms with Crippen molar-refractivity contribution in [2.75, 3.05) is 19.7 Å². The monoisotopic (exact) mass is 224 g/mol. The minimum absolute atomic E-state index is 0.389. The molecule has 15 heavy (non-hydrogen) atoms. The van der Waals surface area contributed by atoms with Gasteiger partial charge >= 0.3 is 0 Å². The number of nitrogens with two attached hydrogens (primary N) is 1. The van der Waals surface area contributed by atoms with Gasteiger partial charge in [-0.25, -0.2) is 0 Å². The molecule has 0 aliphatic carbocycles. The van der Waals surface area contributed by atoms with Gasteiger partial charge in [-0.1, -0.05) is 0 Å². The summed E-state index contributed by atoms with van der Waals surface area (Å²) in [6.45, 7) is 0.914. The molecule has 1 fully saturated rings. The first-order valence-corrected chi connectivity index (χ1v) is 5.05. The fourth-order valence-corrected chi connectivity index (χ4v) is 1.61. The van der Waals surface area contributed by atoms with Gasteiger partial charge in [-0.15, -0.1) is 0 Å². The van der Waals surface area contributed by atoms with E-state index in [1.165, 1.54) is 0 Å². The third-order valence-electron chi connectivity index (χ3n) is 2.53. The molecule has 0 aromatic rings. The number of hydrogen-bond donors (Lipinski definition) is 6. The standard InChI is InChI=1S/C8H18N2O5/c9-1-2-10-8-7(14)6(13)5(12)4(3-11)15-8/h4-8,10-14H,1-3,9H2/p+2/t4-,5+,6+,7-,8-/m0/s1. The van der Waals surface area contributed by atoms with E-state index in [1.54, 1.807) is 5.32 Å². The van der Waals surface area contributed by atoms with Crippen LogP contribution in [0, 0.1) is 0 Å². The average Bonchev–Trinajstić information content (AvgIpc) is 2.25. The maximum Gasteiger partial charge on any atom is 0.220 e. The largest absolute Gasteiger partial charge is 0.394 e. The van der Waals surface area contributed by atoms with E-state index < -0.39 is 30.6 Å². The van der Waals surface area contributed by atoms with Crippen molar-refractivity contribution in [3.63, 3.8) is 0 Å². The zero-order valence-corrected chi connectivity index (χ0v) is 8.49. The lowest BCUT2D eigenvalue weighted by Gasteiger charge is -2.37. The van der Waals surface area contributed by atoms with E-state index in [1.807, 2.05) is 0 Å². The van der Waals surface area contributed by atoms with Crippen molar-refractivity contribution in [1.29, 1.82) is 0 Å². The number of quaternary nitrogens is 2. The number of aliphatic hydroxyl groups excluding tert-OH is 4. The third kappa shape index (κ3) is 2.85. The summed E-state index contributed by atoms with van der Waals surface area (Å²) in [6, 6.07) is 0. The summed E-state index contributed by atoms with van der Waals surface area (Å²) in [7, 11) is 0. The fraction of sp³-hybridized carbons (Fsp3) is 1.00. The average molecular weight is 224 g/mol. The van der Waals surface area contributed by atoms with Gasteiger partial charge in [0.05, 0.1) is 6.61 Å². The Labute approximate surface area is 87.5 Å². The Bertz CT molecular complexity index is 192. The summed E-state index contributed by atoms with van der Waals surface area (Å²) in [5.41, 5.74) is 3.64. The van der Waals surface area contributed by atoms with Crippen LogP contribution in [0.4, 0.5) is 0 Å². The first-order chi connectivity index (χ1) is 7.11. The third-order valence-corrected chi connectivity index (χ3v) is 2.53. The Morgan fingerprint density at radius 3 is 2.33 bits per heavy atom. The molecule has 1 rings (SSSR count). The summed E-state index contributed by atoms with van der Waals surface area (Å²) in [6.07, 6.45) is -5.22. The van der Waals surface area contributed by atoms with Crippen molar-refractivity contribution < 1.29 is 36.2 Å². The van der Waals surface area contributed by atoms with E-state index in [4.69, 9.17) is 9.84 Å². The highest BCUT2D eigenvalue weighted by Gasteiger charge is 2.45. The molecular formula is C8H20N2O5+2. The van der Waals surface area contributed by atoms with Crippen molar-refractivity contribution in [2.24, 2.45) is 0 Å². The van der Waals surface area contributed by atoms with Gasteiger partial charge in [0, 0.05) is 0 Å². The molecule has 0 unspecified atom stereocenters. The molecule has 7 heteroatoms. The van der Waals surface area contributed by atoms with Gasteiger partial charge in [-0.3, -0.25) is 0 Å². The normalized spacial score (nSPS) is 41.8. The molecule has 1 aliphatic heterocycles. The molecule has 0 bridgehead atoms. The Hall–Kier alpha value is -0.280. The quantitative estimate of drug-likeness (QED) is 0.283. The molecule has 0 saturated carbocycles.